The Kier molecular flexibility index (Phi) is 6.74. The molecule has 0 saturated heterocycles. The molecule has 142 valence electrons. The maximum Gasteiger partial charge on any atom is 0.170 e. The lowest BCUT2D eigenvalue weighted by Gasteiger charge is -2.26. The number of allylic oxidation sites excluding steroid dienone is 2. The topological polar surface area (TPSA) is 59.3 Å². The monoisotopic (exact) mass is 433 g/mol. The minimum Gasteiger partial charge on any atom is -0.456 e. The highest BCUT2D eigenvalue weighted by Crippen LogP contribution is 2.44. The first-order chi connectivity index (χ1) is 12.8. The summed E-state index contributed by atoms with van der Waals surface area (Å²) in [6, 6.07) is 5.55. The SMILES string of the molecule is C=C/C(Oc1cc(F)cc(C#N)c1)=C1/C(=O)CC(C)(OCCC)/C1=C(/C)Br. The van der Waals surface area contributed by atoms with Crippen molar-refractivity contribution in [3.05, 3.63) is 63.6 Å². The summed E-state index contributed by atoms with van der Waals surface area (Å²) in [5.41, 5.74) is 0.376. The number of nitrogens with zero attached hydrogens (tertiary/aromatic N) is 1. The van der Waals surface area contributed by atoms with Crippen molar-refractivity contribution in [3.8, 4) is 11.8 Å². The van der Waals surface area contributed by atoms with Gasteiger partial charge < -0.3 is 9.47 Å². The highest BCUT2D eigenvalue weighted by atomic mass is 79.9. The van der Waals surface area contributed by atoms with Gasteiger partial charge in [-0.15, -0.1) is 0 Å². The highest BCUT2D eigenvalue weighted by Gasteiger charge is 2.46. The number of hydrogen-bond acceptors (Lipinski definition) is 4. The summed E-state index contributed by atoms with van der Waals surface area (Å²) in [4.78, 5) is 12.8. The first-order valence-corrected chi connectivity index (χ1v) is 9.34. The summed E-state index contributed by atoms with van der Waals surface area (Å²) >= 11 is 3.47. The smallest absolute Gasteiger partial charge is 0.170 e. The third kappa shape index (κ3) is 4.55. The molecule has 6 heteroatoms. The number of ether oxygens (including phenoxy) is 2. The number of halogens is 2. The molecule has 1 aromatic carbocycles. The Morgan fingerprint density at radius 1 is 1.48 bits per heavy atom. The van der Waals surface area contributed by atoms with Crippen LogP contribution in [-0.4, -0.2) is 18.0 Å². The van der Waals surface area contributed by atoms with E-state index >= 15 is 0 Å². The van der Waals surface area contributed by atoms with Crippen LogP contribution in [-0.2, 0) is 9.53 Å². The van der Waals surface area contributed by atoms with Gasteiger partial charge >= 0.3 is 0 Å². The van der Waals surface area contributed by atoms with E-state index in [1.165, 1.54) is 12.1 Å². The Morgan fingerprint density at radius 3 is 2.74 bits per heavy atom. The second-order valence-electron chi connectivity index (χ2n) is 6.42. The second kappa shape index (κ2) is 8.64. The molecule has 2 rings (SSSR count). The molecule has 0 radical (unpaired) electrons. The van der Waals surface area contributed by atoms with Crippen LogP contribution in [0.5, 0.6) is 5.75 Å². The van der Waals surface area contributed by atoms with Crippen molar-refractivity contribution in [1.82, 2.24) is 0 Å². The molecule has 1 aliphatic carbocycles. The molecule has 4 nitrogen and oxygen atoms in total. The maximum atomic E-state index is 13.7. The zero-order valence-electron chi connectivity index (χ0n) is 15.6. The fraction of sp³-hybridized carbons (Fsp3) is 0.333. The van der Waals surface area contributed by atoms with Gasteiger partial charge in [-0.3, -0.25) is 4.79 Å². The molecular formula is C21H21BrFNO3. The van der Waals surface area contributed by atoms with Crippen LogP contribution in [0.15, 0.2) is 52.2 Å². The van der Waals surface area contributed by atoms with Gasteiger partial charge in [-0.05, 0) is 43.0 Å². The quantitative estimate of drug-likeness (QED) is 0.448. The number of carbonyl (C=O) groups excluding carboxylic acids is 1. The zero-order chi connectivity index (χ0) is 20.2. The number of ketones is 1. The predicted molar refractivity (Wildman–Crippen MR) is 105 cm³/mol. The third-order valence-corrected chi connectivity index (χ3v) is 4.58. The Bertz CT molecular complexity index is 878. The molecule has 0 amide bonds. The molecule has 0 bridgehead atoms. The lowest BCUT2D eigenvalue weighted by Crippen LogP contribution is -2.28. The summed E-state index contributed by atoms with van der Waals surface area (Å²) in [5, 5.41) is 9.01. The van der Waals surface area contributed by atoms with Crippen LogP contribution in [0, 0.1) is 17.1 Å². The first kappa shape index (κ1) is 21.1. The van der Waals surface area contributed by atoms with E-state index in [9.17, 15) is 9.18 Å². The lowest BCUT2D eigenvalue weighted by atomic mass is 9.96. The minimum absolute atomic E-state index is 0.122. The van der Waals surface area contributed by atoms with Crippen LogP contribution in [0.4, 0.5) is 4.39 Å². The van der Waals surface area contributed by atoms with Crippen LogP contribution in [0.3, 0.4) is 0 Å². The van der Waals surface area contributed by atoms with Gasteiger partial charge in [0.15, 0.2) is 5.78 Å². The average Bonchev–Trinajstić information content (AvgIpc) is 2.88. The molecule has 0 spiro atoms. The lowest BCUT2D eigenvalue weighted by molar-refractivity contribution is -0.117. The summed E-state index contributed by atoms with van der Waals surface area (Å²) in [6.45, 7) is 9.94. The van der Waals surface area contributed by atoms with Gasteiger partial charge in [0.05, 0.1) is 22.8 Å². The van der Waals surface area contributed by atoms with Crippen molar-refractivity contribution in [2.45, 2.75) is 39.2 Å². The van der Waals surface area contributed by atoms with Gasteiger partial charge in [0.25, 0.3) is 0 Å². The second-order valence-corrected chi connectivity index (χ2v) is 7.61. The van der Waals surface area contributed by atoms with Crippen molar-refractivity contribution >= 4 is 21.7 Å². The Balaban J connectivity index is 2.55. The summed E-state index contributed by atoms with van der Waals surface area (Å²) in [6.07, 6.45) is 2.40. The number of nitriles is 1. The van der Waals surface area contributed by atoms with Crippen molar-refractivity contribution in [2.75, 3.05) is 6.61 Å². The van der Waals surface area contributed by atoms with Gasteiger partial charge in [-0.25, -0.2) is 4.39 Å². The fourth-order valence-electron chi connectivity index (χ4n) is 3.14. The maximum absolute atomic E-state index is 13.7. The van der Waals surface area contributed by atoms with E-state index in [-0.39, 0.29) is 29.3 Å². The molecule has 1 fully saturated rings. The summed E-state index contributed by atoms with van der Waals surface area (Å²) in [7, 11) is 0. The molecule has 27 heavy (non-hydrogen) atoms. The first-order valence-electron chi connectivity index (χ1n) is 8.55. The molecule has 1 aliphatic rings. The van der Waals surface area contributed by atoms with Crippen LogP contribution in [0.25, 0.3) is 0 Å². The number of Topliss-reactive ketones (excluding diaryl/α,β-unsaturated/α-hetero) is 1. The van der Waals surface area contributed by atoms with E-state index in [0.717, 1.165) is 23.0 Å². The molecule has 0 N–H and O–H groups in total. The van der Waals surface area contributed by atoms with Crippen LogP contribution < -0.4 is 4.74 Å². The normalized spacial score (nSPS) is 23.0. The van der Waals surface area contributed by atoms with Crippen molar-refractivity contribution in [1.29, 1.82) is 5.26 Å². The Morgan fingerprint density at radius 2 is 2.19 bits per heavy atom. The number of hydrogen-bond donors (Lipinski definition) is 0. The van der Waals surface area contributed by atoms with E-state index in [4.69, 9.17) is 14.7 Å². The molecule has 1 unspecified atom stereocenters. The van der Waals surface area contributed by atoms with Crippen molar-refractivity contribution < 1.29 is 18.7 Å². The Hall–Kier alpha value is -2.23. The van der Waals surface area contributed by atoms with Crippen molar-refractivity contribution in [3.63, 3.8) is 0 Å². The zero-order valence-corrected chi connectivity index (χ0v) is 17.2. The van der Waals surface area contributed by atoms with Crippen LogP contribution in [0.1, 0.15) is 39.2 Å². The van der Waals surface area contributed by atoms with Crippen LogP contribution >= 0.6 is 15.9 Å². The van der Waals surface area contributed by atoms with Crippen molar-refractivity contribution in [2.24, 2.45) is 0 Å². The van der Waals surface area contributed by atoms with Gasteiger partial charge in [0, 0.05) is 24.7 Å². The largest absolute Gasteiger partial charge is 0.456 e. The van der Waals surface area contributed by atoms with Gasteiger partial charge in [-0.1, -0.05) is 29.4 Å². The molecule has 1 aromatic rings. The molecule has 1 atom stereocenters. The fourth-order valence-corrected chi connectivity index (χ4v) is 3.76. The predicted octanol–water partition coefficient (Wildman–Crippen LogP) is 5.34. The third-order valence-electron chi connectivity index (χ3n) is 4.18. The van der Waals surface area contributed by atoms with E-state index in [1.54, 1.807) is 0 Å². The van der Waals surface area contributed by atoms with Gasteiger partial charge in [-0.2, -0.15) is 5.26 Å². The average molecular weight is 434 g/mol. The van der Waals surface area contributed by atoms with E-state index in [2.05, 4.69) is 22.5 Å². The van der Waals surface area contributed by atoms with E-state index in [0.29, 0.717) is 17.8 Å². The number of rotatable bonds is 6. The molecule has 0 heterocycles. The van der Waals surface area contributed by atoms with Gasteiger partial charge in [0.2, 0.25) is 0 Å². The standard InChI is InChI=1S/C21H21BrFNO3/c1-5-7-26-21(4)11-17(25)19(20(21)13(3)22)18(6-2)27-16-9-14(12-24)8-15(23)10-16/h6,8-10H,2,5,7,11H2,1,3-4H3/b19-18+,20-13-. The van der Waals surface area contributed by atoms with E-state index in [1.807, 2.05) is 26.8 Å². The van der Waals surface area contributed by atoms with Gasteiger partial charge in [0.1, 0.15) is 17.3 Å². The highest BCUT2D eigenvalue weighted by molar-refractivity contribution is 9.11. The molecule has 1 saturated carbocycles. The summed E-state index contributed by atoms with van der Waals surface area (Å²) in [5.74, 6) is -0.420. The molecular weight excluding hydrogens is 413 g/mol. The Labute approximate surface area is 167 Å². The number of carbonyl (C=O) groups is 1. The summed E-state index contributed by atoms with van der Waals surface area (Å²) < 4.78 is 26.2. The number of benzene rings is 1. The van der Waals surface area contributed by atoms with E-state index < -0.39 is 11.4 Å². The van der Waals surface area contributed by atoms with Crippen LogP contribution in [0.2, 0.25) is 0 Å². The molecule has 0 aliphatic heterocycles. The molecule has 0 aromatic heterocycles. The minimum atomic E-state index is -0.784.